The molecule has 4 nitrogen and oxygen atoms in total. The van der Waals surface area contributed by atoms with Gasteiger partial charge in [0.25, 0.3) is 0 Å². The Kier molecular flexibility index (Phi) is 28.0. The summed E-state index contributed by atoms with van der Waals surface area (Å²) in [6.07, 6.45) is 6.74. The molecule has 0 radical (unpaired) electrons. The molecule has 0 aliphatic rings. The van der Waals surface area contributed by atoms with Gasteiger partial charge in [0.05, 0.1) is 5.56 Å². The molecule has 0 saturated heterocycles. The van der Waals surface area contributed by atoms with Crippen LogP contribution in [-0.2, 0) is 20.4 Å². The number of halogens is 12. The molecule has 0 bridgehead atoms. The Morgan fingerprint density at radius 3 is 1.81 bits per heavy atom. The van der Waals surface area contributed by atoms with Crippen LogP contribution >= 0.6 is 40.0 Å². The van der Waals surface area contributed by atoms with E-state index in [2.05, 4.69) is 76.5 Å². The van der Waals surface area contributed by atoms with Crippen molar-refractivity contribution in [2.45, 2.75) is 89.8 Å². The van der Waals surface area contributed by atoms with E-state index in [1.54, 1.807) is 0 Å². The van der Waals surface area contributed by atoms with Gasteiger partial charge in [0.2, 0.25) is 0 Å². The van der Waals surface area contributed by atoms with Crippen molar-refractivity contribution in [2.75, 3.05) is 11.9 Å². The van der Waals surface area contributed by atoms with Crippen molar-refractivity contribution in [3.05, 3.63) is 91.6 Å². The molecule has 0 saturated carbocycles. The Hall–Kier alpha value is -0.307. The molecule has 3 aromatic carbocycles. The topological polar surface area (TPSA) is 47.6 Å². The molecule has 1 unspecified atom stereocenters. The summed E-state index contributed by atoms with van der Waals surface area (Å²) in [6, 6.07) is 22.9. The number of amides is 1. The van der Waals surface area contributed by atoms with E-state index in [0.29, 0.717) is 21.6 Å². The summed E-state index contributed by atoms with van der Waals surface area (Å²) < 4.78 is 103. The second-order valence-corrected chi connectivity index (χ2v) is 29.5. The molecule has 0 aliphatic heterocycles. The van der Waals surface area contributed by atoms with Gasteiger partial charge in [-0.05, 0) is 67.4 Å². The molecule has 0 heterocycles. The quantitative estimate of drug-likeness (QED) is 0.0618. The summed E-state index contributed by atoms with van der Waals surface area (Å²) in [4.78, 5) is 12.6. The molecule has 1 amide bonds. The number of anilines is 1. The molecule has 0 aliphatic carbocycles. The SMILES string of the molecule is CCCCCCCCCCCCC(COc1ccc([I+]c2ccccc2)cc1)OC(=O)Nc1cccc(C(F)(F)F)c1.[F-].[F][Sb]([F])([F])([F])[F].[I][V][I]. The molecule has 295 valence electrons. The van der Waals surface area contributed by atoms with Crippen molar-refractivity contribution in [2.24, 2.45) is 0 Å². The number of carbonyl (C=O) groups excluding carboxylic acids is 1. The fourth-order valence-corrected chi connectivity index (χ4v) is 6.71. The zero-order valence-electron chi connectivity index (χ0n) is 28.2. The van der Waals surface area contributed by atoms with Crippen LogP contribution in [0.15, 0.2) is 78.9 Å². The van der Waals surface area contributed by atoms with Gasteiger partial charge in [0.1, 0.15) is 18.5 Å². The van der Waals surface area contributed by atoms with Crippen molar-refractivity contribution in [3.63, 3.8) is 0 Å². The molecule has 3 aromatic rings. The summed E-state index contributed by atoms with van der Waals surface area (Å²) in [5, 5.41) is 2.44. The van der Waals surface area contributed by atoms with Crippen LogP contribution in [0.4, 0.5) is 37.7 Å². The van der Waals surface area contributed by atoms with Gasteiger partial charge in [-0.2, -0.15) is 13.2 Å². The van der Waals surface area contributed by atoms with Crippen LogP contribution in [0.25, 0.3) is 0 Å². The number of carbonyl (C=O) groups is 1. The zero-order valence-corrected chi connectivity index (χ0v) is 38.6. The second kappa shape index (κ2) is 28.1. The molecule has 0 spiro atoms. The predicted octanol–water partition coefficient (Wildman–Crippen LogP) is 7.63. The maximum atomic E-state index is 13.1. The molecule has 3 rings (SSSR count). The summed E-state index contributed by atoms with van der Waals surface area (Å²) in [6.45, 7) is 2.39. The fraction of sp³-hybridized carbons (Fsp3) is 0.441. The first-order chi connectivity index (χ1) is 24.0. The van der Waals surface area contributed by atoms with E-state index >= 15 is 0 Å². The van der Waals surface area contributed by atoms with E-state index in [1.807, 2.05) is 30.3 Å². The molecule has 1 N–H and O–H groups in total. The summed E-state index contributed by atoms with van der Waals surface area (Å²) in [5.74, 6) is 0.686. The average Bonchev–Trinajstić information content (AvgIpc) is 3.04. The molecule has 18 heteroatoms. The number of ether oxygens (including phenoxy) is 2. The fourth-order valence-electron chi connectivity index (χ4n) is 4.49. The van der Waals surface area contributed by atoms with E-state index in [4.69, 9.17) is 9.47 Å². The van der Waals surface area contributed by atoms with E-state index in [0.717, 1.165) is 31.4 Å². The molecule has 1 atom stereocenters. The average molecular weight is 1240 g/mol. The predicted molar refractivity (Wildman–Crippen MR) is 197 cm³/mol. The number of nitrogens with one attached hydrogen (secondary N) is 1. The maximum absolute atomic E-state index is 13.1. The van der Waals surface area contributed by atoms with Gasteiger partial charge in [0.15, 0.2) is 7.14 Å². The first-order valence-electron chi connectivity index (χ1n) is 16.1. The molecular weight excluding hydrogens is 1190 g/mol. The zero-order chi connectivity index (χ0) is 38.2. The van der Waals surface area contributed by atoms with Gasteiger partial charge < -0.3 is 14.2 Å². The summed E-state index contributed by atoms with van der Waals surface area (Å²) in [5.41, 5.74) is -0.797. The number of alkyl halides is 3. The van der Waals surface area contributed by atoms with E-state index in [1.165, 1.54) is 64.2 Å². The number of unbranched alkanes of at least 4 members (excludes halogenated alkanes) is 9. The second-order valence-electron chi connectivity index (χ2n) is 11.1. The van der Waals surface area contributed by atoms with Crippen molar-refractivity contribution in [1.82, 2.24) is 0 Å². The third-order valence-corrected chi connectivity index (χ3v) is 9.47. The Labute approximate surface area is 344 Å². The van der Waals surface area contributed by atoms with Crippen LogP contribution < -0.4 is 36.0 Å². The van der Waals surface area contributed by atoms with Gasteiger partial charge in [0, 0.05) is 5.69 Å². The van der Waals surface area contributed by atoms with Crippen LogP contribution in [0.1, 0.15) is 83.1 Å². The molecule has 52 heavy (non-hydrogen) atoms. The monoisotopic (exact) mass is 1240 g/mol. The number of benzene rings is 3. The number of rotatable bonds is 18. The van der Waals surface area contributed by atoms with Crippen molar-refractivity contribution >= 4 is 72.0 Å². The van der Waals surface area contributed by atoms with E-state index < -0.39 is 44.2 Å². The molecular formula is C34H42F9I3NO3SbV. The number of hydrogen-bond acceptors (Lipinski definition) is 3. The van der Waals surface area contributed by atoms with Crippen molar-refractivity contribution < 1.29 is 76.9 Å². The Morgan fingerprint density at radius 1 is 0.788 bits per heavy atom. The summed E-state index contributed by atoms with van der Waals surface area (Å²) in [7, 11) is 0.628. The standard InChI is InChI=1S/C34H41F3INO3.6FH.2HI.Sb.V/c1-2-3-4-5-6-7-8-9-10-14-20-32(42-33(40)39-30-19-15-16-27(25-30)34(35,36)37)26-41-31-23-21-29(22-24-31)38-28-17-12-11-13-18-28;;;;;;;;;;/h11-13,15-19,21-25,32H,2-10,14,20,26H2,1H3;8*1H;;/q;;;;;;;;;+5;+2/p-7. The van der Waals surface area contributed by atoms with Crippen LogP contribution in [0.3, 0.4) is 0 Å². The van der Waals surface area contributed by atoms with Gasteiger partial charge >= 0.3 is 117 Å². The van der Waals surface area contributed by atoms with Crippen LogP contribution in [0.2, 0.25) is 0 Å². The Bertz CT molecular complexity index is 1360. The van der Waals surface area contributed by atoms with Gasteiger partial charge in [-0.1, -0.05) is 89.0 Å². The minimum absolute atomic E-state index is 0. The minimum atomic E-state index is -9.19. The Balaban J connectivity index is 0.00000232. The summed E-state index contributed by atoms with van der Waals surface area (Å²) >= 11 is -4.73. The molecule has 0 aromatic heterocycles. The van der Waals surface area contributed by atoms with Gasteiger partial charge in [-0.25, -0.2) is 4.79 Å². The normalized spacial score (nSPS) is 12.2. The first kappa shape index (κ1) is 51.7. The van der Waals surface area contributed by atoms with Crippen molar-refractivity contribution in [3.8, 4) is 5.75 Å². The van der Waals surface area contributed by atoms with Crippen LogP contribution in [0.5, 0.6) is 5.75 Å². The third-order valence-electron chi connectivity index (χ3n) is 6.79. The van der Waals surface area contributed by atoms with Crippen LogP contribution in [0, 0.1) is 7.14 Å². The third kappa shape index (κ3) is 30.0. The van der Waals surface area contributed by atoms with Gasteiger partial charge in [-0.3, -0.25) is 5.32 Å². The molecule has 0 fully saturated rings. The van der Waals surface area contributed by atoms with E-state index in [9.17, 15) is 32.0 Å². The van der Waals surface area contributed by atoms with Crippen LogP contribution in [-0.4, -0.2) is 39.1 Å². The first-order valence-corrected chi connectivity index (χ1v) is 32.1. The number of hydrogen-bond donors (Lipinski definition) is 1. The van der Waals surface area contributed by atoms with E-state index in [-0.39, 0.29) is 38.2 Å². The Morgan fingerprint density at radius 2 is 1.29 bits per heavy atom. The van der Waals surface area contributed by atoms with Crippen molar-refractivity contribution in [1.29, 1.82) is 0 Å². The van der Waals surface area contributed by atoms with Gasteiger partial charge in [-0.15, -0.1) is 0 Å².